The standard InChI is InChI=1S/C38H35N5O6/c1-46-28-17-13-26(14-18-28)38(25-11-7-4-8-12-25,27-15-19-29(47-2)20-16-27)34(49-37(45)24-9-5-3-6-10-24)33-30(44)21-31(48-33)43-23-42-32-35(39)40-22-41-36(32)43/h3-20,22-23,30-31,33-34,44H,21H2,1-2H3,(H2,39,40,41)/t30-,31+,33-,34?/m0/s1. The Morgan fingerprint density at radius 3 is 2.00 bits per heavy atom. The summed E-state index contributed by atoms with van der Waals surface area (Å²) in [5.74, 6) is 0.976. The van der Waals surface area contributed by atoms with Crippen molar-refractivity contribution in [2.45, 2.75) is 36.4 Å². The highest BCUT2D eigenvalue weighted by Crippen LogP contribution is 2.49. The van der Waals surface area contributed by atoms with Gasteiger partial charge in [0, 0.05) is 6.42 Å². The number of nitrogens with zero attached hydrogens (tertiary/aromatic N) is 4. The lowest BCUT2D eigenvalue weighted by molar-refractivity contribution is -0.103. The van der Waals surface area contributed by atoms with E-state index in [9.17, 15) is 9.90 Å². The molecule has 1 saturated heterocycles. The third kappa shape index (κ3) is 5.73. The second-order valence-corrected chi connectivity index (χ2v) is 11.8. The van der Waals surface area contributed by atoms with Crippen LogP contribution in [0.25, 0.3) is 11.2 Å². The minimum atomic E-state index is -1.21. The quantitative estimate of drug-likeness (QED) is 0.146. The van der Waals surface area contributed by atoms with E-state index in [1.165, 1.54) is 6.33 Å². The second-order valence-electron chi connectivity index (χ2n) is 11.8. The number of anilines is 1. The molecule has 49 heavy (non-hydrogen) atoms. The van der Waals surface area contributed by atoms with Crippen LogP contribution in [0.4, 0.5) is 5.82 Å². The lowest BCUT2D eigenvalue weighted by Crippen LogP contribution is -2.53. The number of ether oxygens (including phenoxy) is 4. The third-order valence-corrected chi connectivity index (χ3v) is 9.12. The van der Waals surface area contributed by atoms with Crippen LogP contribution in [0.1, 0.15) is 39.7 Å². The first-order valence-electron chi connectivity index (χ1n) is 15.8. The van der Waals surface area contributed by atoms with Gasteiger partial charge in [-0.3, -0.25) is 4.57 Å². The Bertz CT molecular complexity index is 1990. The summed E-state index contributed by atoms with van der Waals surface area (Å²) in [6.07, 6.45) is -0.839. The van der Waals surface area contributed by atoms with Crippen molar-refractivity contribution in [2.24, 2.45) is 0 Å². The Morgan fingerprint density at radius 2 is 1.41 bits per heavy atom. The van der Waals surface area contributed by atoms with Gasteiger partial charge in [0.15, 0.2) is 11.5 Å². The van der Waals surface area contributed by atoms with Crippen molar-refractivity contribution in [3.63, 3.8) is 0 Å². The molecular weight excluding hydrogens is 622 g/mol. The van der Waals surface area contributed by atoms with Crippen molar-refractivity contribution < 1.29 is 28.8 Å². The average molecular weight is 658 g/mol. The number of hydrogen-bond acceptors (Lipinski definition) is 10. The first kappa shape index (κ1) is 31.8. The molecule has 248 valence electrons. The topological polar surface area (TPSA) is 144 Å². The smallest absolute Gasteiger partial charge is 0.338 e. The molecule has 0 amide bonds. The number of imidazole rings is 1. The van der Waals surface area contributed by atoms with Gasteiger partial charge in [0.05, 0.1) is 37.6 Å². The minimum Gasteiger partial charge on any atom is -0.497 e. The summed E-state index contributed by atoms with van der Waals surface area (Å²) in [5, 5.41) is 12.0. The molecule has 4 aromatic carbocycles. The number of aromatic nitrogens is 4. The van der Waals surface area contributed by atoms with E-state index in [2.05, 4.69) is 15.0 Å². The van der Waals surface area contributed by atoms with Gasteiger partial charge in [0.2, 0.25) is 0 Å². The van der Waals surface area contributed by atoms with Crippen LogP contribution in [0, 0.1) is 0 Å². The van der Waals surface area contributed by atoms with E-state index in [4.69, 9.17) is 24.7 Å². The van der Waals surface area contributed by atoms with Crippen molar-refractivity contribution >= 4 is 23.0 Å². The van der Waals surface area contributed by atoms with E-state index in [1.54, 1.807) is 49.4 Å². The first-order chi connectivity index (χ1) is 23.9. The summed E-state index contributed by atoms with van der Waals surface area (Å²) in [4.78, 5) is 27.0. The molecule has 1 aliphatic heterocycles. The molecule has 7 rings (SSSR count). The maximum absolute atomic E-state index is 14.1. The molecule has 0 saturated carbocycles. The van der Waals surface area contributed by atoms with Gasteiger partial charge in [-0.05, 0) is 53.1 Å². The molecule has 6 aromatic rings. The fourth-order valence-corrected chi connectivity index (χ4v) is 6.76. The number of nitrogens with two attached hydrogens (primary N) is 1. The predicted molar refractivity (Wildman–Crippen MR) is 182 cm³/mol. The summed E-state index contributed by atoms with van der Waals surface area (Å²) < 4.78 is 26.2. The SMILES string of the molecule is COc1ccc(C(c2ccccc2)(c2ccc(OC)cc2)C(OC(=O)c2ccccc2)[C@H]2O[C@@H](n3cnc4c(N)ncnc43)C[C@@H]2O)cc1. The van der Waals surface area contributed by atoms with E-state index < -0.39 is 35.9 Å². The Hall–Kier alpha value is -5.78. The molecule has 1 fully saturated rings. The van der Waals surface area contributed by atoms with Crippen LogP contribution in [0.15, 0.2) is 122 Å². The highest BCUT2D eigenvalue weighted by molar-refractivity contribution is 5.89. The van der Waals surface area contributed by atoms with Gasteiger partial charge < -0.3 is 29.8 Å². The lowest BCUT2D eigenvalue weighted by atomic mass is 9.64. The van der Waals surface area contributed by atoms with Gasteiger partial charge in [-0.1, -0.05) is 72.8 Å². The Labute approximate surface area is 282 Å². The molecule has 0 bridgehead atoms. The van der Waals surface area contributed by atoms with E-state index >= 15 is 0 Å². The van der Waals surface area contributed by atoms with E-state index in [-0.39, 0.29) is 12.2 Å². The van der Waals surface area contributed by atoms with Gasteiger partial charge in [0.25, 0.3) is 0 Å². The molecule has 4 atom stereocenters. The molecule has 11 heteroatoms. The maximum atomic E-state index is 14.1. The number of carbonyl (C=O) groups is 1. The van der Waals surface area contributed by atoms with E-state index in [0.29, 0.717) is 28.2 Å². The monoisotopic (exact) mass is 657 g/mol. The zero-order valence-electron chi connectivity index (χ0n) is 26.9. The average Bonchev–Trinajstić information content (AvgIpc) is 3.77. The van der Waals surface area contributed by atoms with Crippen LogP contribution in [0.5, 0.6) is 11.5 Å². The van der Waals surface area contributed by atoms with Crippen molar-refractivity contribution in [3.05, 3.63) is 144 Å². The highest BCUT2D eigenvalue weighted by Gasteiger charge is 2.55. The maximum Gasteiger partial charge on any atom is 0.338 e. The number of aliphatic hydroxyl groups excluding tert-OH is 1. The summed E-state index contributed by atoms with van der Waals surface area (Å²) in [7, 11) is 3.21. The van der Waals surface area contributed by atoms with E-state index in [1.807, 2.05) is 84.9 Å². The van der Waals surface area contributed by atoms with Crippen LogP contribution >= 0.6 is 0 Å². The lowest BCUT2D eigenvalue weighted by Gasteiger charge is -2.44. The van der Waals surface area contributed by atoms with Crippen LogP contribution in [-0.2, 0) is 14.9 Å². The molecule has 1 aliphatic rings. The van der Waals surface area contributed by atoms with Crippen molar-refractivity contribution in [1.29, 1.82) is 0 Å². The Kier molecular flexibility index (Phi) is 8.68. The van der Waals surface area contributed by atoms with Gasteiger partial charge in [0.1, 0.15) is 41.8 Å². The fraction of sp³-hybridized carbons (Fsp3) is 0.211. The van der Waals surface area contributed by atoms with Crippen molar-refractivity contribution in [3.8, 4) is 11.5 Å². The number of methoxy groups -OCH3 is 2. The molecule has 0 spiro atoms. The molecule has 1 unspecified atom stereocenters. The number of carbonyl (C=O) groups excluding carboxylic acids is 1. The van der Waals surface area contributed by atoms with Gasteiger partial charge in [-0.2, -0.15) is 0 Å². The molecule has 11 nitrogen and oxygen atoms in total. The number of esters is 1. The highest BCUT2D eigenvalue weighted by atomic mass is 16.6. The number of benzene rings is 4. The van der Waals surface area contributed by atoms with Crippen molar-refractivity contribution in [1.82, 2.24) is 19.5 Å². The number of hydrogen-bond donors (Lipinski definition) is 2. The number of nitrogen functional groups attached to an aromatic ring is 1. The van der Waals surface area contributed by atoms with Crippen LogP contribution < -0.4 is 15.2 Å². The number of rotatable bonds is 10. The van der Waals surface area contributed by atoms with E-state index in [0.717, 1.165) is 16.7 Å². The second kappa shape index (κ2) is 13.4. The summed E-state index contributed by atoms with van der Waals surface area (Å²) in [6, 6.07) is 33.8. The molecule has 3 heterocycles. The first-order valence-corrected chi connectivity index (χ1v) is 15.8. The summed E-state index contributed by atoms with van der Waals surface area (Å²) >= 11 is 0. The zero-order valence-corrected chi connectivity index (χ0v) is 26.9. The molecule has 0 aliphatic carbocycles. The zero-order chi connectivity index (χ0) is 34.0. The van der Waals surface area contributed by atoms with Crippen LogP contribution in [0.3, 0.4) is 0 Å². The predicted octanol–water partition coefficient (Wildman–Crippen LogP) is 5.33. The van der Waals surface area contributed by atoms with Gasteiger partial charge in [-0.25, -0.2) is 19.7 Å². The van der Waals surface area contributed by atoms with Crippen molar-refractivity contribution in [2.75, 3.05) is 20.0 Å². The third-order valence-electron chi connectivity index (χ3n) is 9.12. The largest absolute Gasteiger partial charge is 0.497 e. The van der Waals surface area contributed by atoms with Gasteiger partial charge in [-0.15, -0.1) is 0 Å². The molecular formula is C38H35N5O6. The molecule has 0 radical (unpaired) electrons. The molecule has 2 aromatic heterocycles. The van der Waals surface area contributed by atoms with Gasteiger partial charge >= 0.3 is 5.97 Å². The number of aliphatic hydroxyl groups is 1. The molecule has 3 N–H and O–H groups in total. The van der Waals surface area contributed by atoms with Crippen LogP contribution in [0.2, 0.25) is 0 Å². The Morgan fingerprint density at radius 1 is 0.837 bits per heavy atom. The fourth-order valence-electron chi connectivity index (χ4n) is 6.76. The normalized spacial score (nSPS) is 18.2. The summed E-state index contributed by atoms with van der Waals surface area (Å²) in [5.41, 5.74) is 8.48. The Balaban J connectivity index is 1.46. The number of fused-ring (bicyclic) bond motifs is 1. The van der Waals surface area contributed by atoms with Crippen LogP contribution in [-0.4, -0.2) is 63.1 Å². The minimum absolute atomic E-state index is 0.162. The summed E-state index contributed by atoms with van der Waals surface area (Å²) in [6.45, 7) is 0.